The molecule has 28 heavy (non-hydrogen) atoms. The number of piperazine rings is 1. The summed E-state index contributed by atoms with van der Waals surface area (Å²) in [5.74, 6) is -0.0187. The largest absolute Gasteiger partial charge is 0.416 e. The highest BCUT2D eigenvalue weighted by atomic mass is 19.4. The van der Waals surface area contributed by atoms with Crippen molar-refractivity contribution in [2.24, 2.45) is 0 Å². The number of halogens is 3. The zero-order chi connectivity index (χ0) is 20.3. The number of alkyl halides is 3. The molecule has 0 bridgehead atoms. The first-order valence-corrected chi connectivity index (χ1v) is 9.08. The van der Waals surface area contributed by atoms with Crippen molar-refractivity contribution < 1.29 is 22.5 Å². The predicted molar refractivity (Wildman–Crippen MR) is 97.9 cm³/mol. The lowest BCUT2D eigenvalue weighted by molar-refractivity contribution is -0.137. The lowest BCUT2D eigenvalue weighted by Gasteiger charge is -2.32. The summed E-state index contributed by atoms with van der Waals surface area (Å²) < 4.78 is 43.4. The number of rotatable bonds is 5. The van der Waals surface area contributed by atoms with E-state index in [4.69, 9.17) is 4.52 Å². The first-order chi connectivity index (χ1) is 13.3. The molecular formula is C19H23F3N4O2. The highest BCUT2D eigenvalue weighted by Crippen LogP contribution is 2.32. The Morgan fingerprint density at radius 1 is 1.18 bits per heavy atom. The van der Waals surface area contributed by atoms with Gasteiger partial charge in [-0.25, -0.2) is 0 Å². The number of carbonyl (C=O) groups is 1. The molecule has 0 aliphatic carbocycles. The number of hydrogen-bond donors (Lipinski definition) is 1. The highest BCUT2D eigenvalue weighted by molar-refractivity contribution is 6.00. The van der Waals surface area contributed by atoms with Gasteiger partial charge in [-0.15, -0.1) is 0 Å². The van der Waals surface area contributed by atoms with E-state index in [0.29, 0.717) is 17.9 Å². The molecule has 2 heterocycles. The fourth-order valence-electron chi connectivity index (χ4n) is 3.14. The van der Waals surface area contributed by atoms with E-state index in [0.717, 1.165) is 44.9 Å². The average Bonchev–Trinajstić information content (AvgIpc) is 3.04. The Morgan fingerprint density at radius 3 is 2.43 bits per heavy atom. The predicted octanol–water partition coefficient (Wildman–Crippen LogP) is 2.65. The van der Waals surface area contributed by atoms with E-state index in [1.54, 1.807) is 6.92 Å². The van der Waals surface area contributed by atoms with Crippen molar-refractivity contribution in [1.29, 1.82) is 0 Å². The maximum Gasteiger partial charge on any atom is 0.416 e. The van der Waals surface area contributed by atoms with E-state index in [9.17, 15) is 18.0 Å². The Hall–Kier alpha value is -2.39. The van der Waals surface area contributed by atoms with Gasteiger partial charge in [0.15, 0.2) is 0 Å². The van der Waals surface area contributed by atoms with E-state index in [2.05, 4.69) is 27.3 Å². The first-order valence-electron chi connectivity index (χ1n) is 9.08. The van der Waals surface area contributed by atoms with Gasteiger partial charge < -0.3 is 14.7 Å². The maximum atomic E-state index is 12.7. The Balaban J connectivity index is 1.66. The van der Waals surface area contributed by atoms with Crippen LogP contribution in [-0.4, -0.2) is 67.2 Å². The lowest BCUT2D eigenvalue weighted by atomic mass is 10.0. The summed E-state index contributed by atoms with van der Waals surface area (Å²) in [7, 11) is 2.08. The number of carbonyl (C=O) groups excluding carboxylic acids is 1. The van der Waals surface area contributed by atoms with Crippen molar-refractivity contribution in [2.45, 2.75) is 13.1 Å². The molecule has 1 fully saturated rings. The number of amides is 1. The monoisotopic (exact) mass is 396 g/mol. The minimum atomic E-state index is -4.41. The average molecular weight is 396 g/mol. The smallest absolute Gasteiger partial charge is 0.360 e. The van der Waals surface area contributed by atoms with Gasteiger partial charge in [-0.1, -0.05) is 17.3 Å². The van der Waals surface area contributed by atoms with Crippen LogP contribution in [0.15, 0.2) is 28.8 Å². The Morgan fingerprint density at radius 2 is 1.82 bits per heavy atom. The number of benzene rings is 1. The second kappa shape index (κ2) is 8.32. The topological polar surface area (TPSA) is 61.6 Å². The molecule has 9 heteroatoms. The van der Waals surface area contributed by atoms with Crippen molar-refractivity contribution in [2.75, 3.05) is 46.3 Å². The zero-order valence-corrected chi connectivity index (χ0v) is 15.8. The number of nitrogens with zero attached hydrogens (tertiary/aromatic N) is 3. The Kier molecular flexibility index (Phi) is 6.04. The quantitative estimate of drug-likeness (QED) is 0.842. The van der Waals surface area contributed by atoms with E-state index in [1.165, 1.54) is 12.1 Å². The molecule has 1 aliphatic heterocycles. The molecule has 3 rings (SSSR count). The summed E-state index contributed by atoms with van der Waals surface area (Å²) in [6.45, 7) is 6.72. The molecule has 1 amide bonds. The Bertz CT molecular complexity index is 810. The third kappa shape index (κ3) is 4.71. The molecule has 1 N–H and O–H groups in total. The number of aryl methyl sites for hydroxylation is 1. The van der Waals surface area contributed by atoms with Crippen molar-refractivity contribution in [3.05, 3.63) is 41.2 Å². The summed E-state index contributed by atoms with van der Waals surface area (Å²) in [5, 5.41) is 6.73. The second-order valence-electron chi connectivity index (χ2n) is 6.94. The molecule has 0 atom stereocenters. The van der Waals surface area contributed by atoms with Crippen LogP contribution in [0.5, 0.6) is 0 Å². The van der Waals surface area contributed by atoms with Crippen LogP contribution in [0.4, 0.5) is 13.2 Å². The number of hydrogen-bond acceptors (Lipinski definition) is 5. The summed E-state index contributed by atoms with van der Waals surface area (Å²) in [4.78, 5) is 17.2. The third-order valence-electron chi connectivity index (χ3n) is 4.88. The van der Waals surface area contributed by atoms with Crippen molar-refractivity contribution in [1.82, 2.24) is 20.3 Å². The van der Waals surface area contributed by atoms with Gasteiger partial charge in [-0.3, -0.25) is 9.69 Å². The van der Waals surface area contributed by atoms with Gasteiger partial charge in [-0.2, -0.15) is 13.2 Å². The van der Waals surface area contributed by atoms with E-state index >= 15 is 0 Å². The summed E-state index contributed by atoms with van der Waals surface area (Å²) >= 11 is 0. The van der Waals surface area contributed by atoms with Crippen LogP contribution >= 0.6 is 0 Å². The van der Waals surface area contributed by atoms with Crippen molar-refractivity contribution >= 4 is 5.91 Å². The van der Waals surface area contributed by atoms with E-state index in [-0.39, 0.29) is 17.2 Å². The number of likely N-dealkylation sites (N-methyl/N-ethyl adjacent to an activating group) is 1. The third-order valence-corrected chi connectivity index (χ3v) is 4.88. The number of nitrogens with one attached hydrogen (secondary N) is 1. The first kappa shape index (κ1) is 20.3. The van der Waals surface area contributed by atoms with E-state index in [1.807, 2.05) is 0 Å². The van der Waals surface area contributed by atoms with Crippen molar-refractivity contribution in [3.63, 3.8) is 0 Å². The number of aromatic nitrogens is 1. The molecular weight excluding hydrogens is 373 g/mol. The van der Waals surface area contributed by atoms with Crippen LogP contribution in [0.1, 0.15) is 21.7 Å². The minimum absolute atomic E-state index is 0.239. The molecule has 1 saturated heterocycles. The zero-order valence-electron chi connectivity index (χ0n) is 15.8. The fraction of sp³-hybridized carbons (Fsp3) is 0.474. The summed E-state index contributed by atoms with van der Waals surface area (Å²) in [6, 6.07) is 4.52. The van der Waals surface area contributed by atoms with Crippen LogP contribution in [0.25, 0.3) is 11.3 Å². The molecule has 1 aromatic heterocycles. The van der Waals surface area contributed by atoms with E-state index < -0.39 is 11.7 Å². The molecule has 1 aliphatic rings. The Labute approximate surface area is 161 Å². The molecule has 0 unspecified atom stereocenters. The molecule has 2 aromatic rings. The van der Waals surface area contributed by atoms with Crippen LogP contribution in [0.2, 0.25) is 0 Å². The van der Waals surface area contributed by atoms with Gasteiger partial charge in [-0.05, 0) is 26.1 Å². The van der Waals surface area contributed by atoms with Gasteiger partial charge >= 0.3 is 6.18 Å². The molecule has 0 spiro atoms. The summed E-state index contributed by atoms with van der Waals surface area (Å²) in [5.41, 5.74) is 0.130. The van der Waals surface area contributed by atoms with Crippen molar-refractivity contribution in [3.8, 4) is 11.3 Å². The molecule has 152 valence electrons. The minimum Gasteiger partial charge on any atom is -0.360 e. The standard InChI is InChI=1S/C19H23F3N4O2/c1-13-16(18(27)23-7-8-26-11-9-25(2)10-12-26)17(24-28-13)14-3-5-15(6-4-14)19(20,21)22/h3-6H,7-12H2,1-2H3,(H,23,27). The maximum absolute atomic E-state index is 12.7. The molecule has 6 nitrogen and oxygen atoms in total. The molecule has 1 aromatic carbocycles. The second-order valence-corrected chi connectivity index (χ2v) is 6.94. The van der Waals surface area contributed by atoms with Crippen LogP contribution in [-0.2, 0) is 6.18 Å². The SMILES string of the molecule is Cc1onc(-c2ccc(C(F)(F)F)cc2)c1C(=O)NCCN1CCN(C)CC1. The van der Waals surface area contributed by atoms with Crippen LogP contribution in [0, 0.1) is 6.92 Å². The highest BCUT2D eigenvalue weighted by Gasteiger charge is 2.30. The van der Waals surface area contributed by atoms with Gasteiger partial charge in [0.2, 0.25) is 0 Å². The van der Waals surface area contributed by atoms with Crippen LogP contribution < -0.4 is 5.32 Å². The lowest BCUT2D eigenvalue weighted by Crippen LogP contribution is -2.46. The van der Waals surface area contributed by atoms with Gasteiger partial charge in [0.25, 0.3) is 5.91 Å². The summed E-state index contributed by atoms with van der Waals surface area (Å²) in [6.07, 6.45) is -4.41. The van der Waals surface area contributed by atoms with Crippen LogP contribution in [0.3, 0.4) is 0 Å². The van der Waals surface area contributed by atoms with Gasteiger partial charge in [0.1, 0.15) is 17.0 Å². The molecule has 0 radical (unpaired) electrons. The van der Waals surface area contributed by atoms with Gasteiger partial charge in [0, 0.05) is 44.8 Å². The van der Waals surface area contributed by atoms with Gasteiger partial charge in [0.05, 0.1) is 5.56 Å². The molecule has 0 saturated carbocycles. The fourth-order valence-corrected chi connectivity index (χ4v) is 3.14. The normalized spacial score (nSPS) is 16.3.